The molecule has 1 heterocycles. The van der Waals surface area contributed by atoms with Crippen LogP contribution < -0.4 is 10.6 Å². The first-order valence-corrected chi connectivity index (χ1v) is 10.4. The zero-order valence-corrected chi connectivity index (χ0v) is 17.7. The number of ether oxygens (including phenoxy) is 4. The summed E-state index contributed by atoms with van der Waals surface area (Å²) in [4.78, 5) is 15.4. The number of aromatic nitrogens is 1. The molecule has 0 aliphatic rings. The van der Waals surface area contributed by atoms with E-state index >= 15 is 0 Å². The summed E-state index contributed by atoms with van der Waals surface area (Å²) in [7, 11) is 1.61. The van der Waals surface area contributed by atoms with Crippen molar-refractivity contribution in [1.82, 2.24) is 15.6 Å². The molecule has 1 aromatic heterocycles. The number of hydrogen-bond donors (Lipinski definition) is 2. The van der Waals surface area contributed by atoms with Crippen molar-refractivity contribution in [2.24, 2.45) is 0 Å². The number of amides is 1. The number of benzene rings is 1. The number of nitrogens with zero attached hydrogens (tertiary/aromatic N) is 1. The Labute approximate surface area is 178 Å². The Balaban J connectivity index is 1.33. The molecule has 30 heavy (non-hydrogen) atoms. The van der Waals surface area contributed by atoms with Crippen LogP contribution >= 0.6 is 0 Å². The van der Waals surface area contributed by atoms with Gasteiger partial charge in [-0.2, -0.15) is 0 Å². The Morgan fingerprint density at radius 1 is 0.900 bits per heavy atom. The van der Waals surface area contributed by atoms with Gasteiger partial charge < -0.3 is 29.6 Å². The predicted molar refractivity (Wildman–Crippen MR) is 115 cm³/mol. The molecule has 1 amide bonds. The number of pyridine rings is 1. The summed E-state index contributed by atoms with van der Waals surface area (Å²) < 4.78 is 21.7. The van der Waals surface area contributed by atoms with E-state index < -0.39 is 0 Å². The van der Waals surface area contributed by atoms with Gasteiger partial charge in [-0.15, -0.1) is 0 Å². The highest BCUT2D eigenvalue weighted by Crippen LogP contribution is 2.12. The van der Waals surface area contributed by atoms with E-state index in [1.54, 1.807) is 7.05 Å². The van der Waals surface area contributed by atoms with Gasteiger partial charge in [0, 0.05) is 38.1 Å². The number of hydrogen-bond acceptors (Lipinski definition) is 7. The van der Waals surface area contributed by atoms with E-state index in [1.165, 1.54) is 0 Å². The van der Waals surface area contributed by atoms with Crippen LogP contribution in [0.15, 0.2) is 36.5 Å². The lowest BCUT2D eigenvalue weighted by atomic mass is 10.1. The minimum Gasteiger partial charge on any atom is -0.379 e. The first-order chi connectivity index (χ1) is 14.8. The van der Waals surface area contributed by atoms with Gasteiger partial charge in [-0.3, -0.25) is 9.78 Å². The Morgan fingerprint density at radius 2 is 1.53 bits per heavy atom. The van der Waals surface area contributed by atoms with Gasteiger partial charge in [0.15, 0.2) is 0 Å². The number of fused-ring (bicyclic) bond motifs is 1. The van der Waals surface area contributed by atoms with Gasteiger partial charge in [-0.1, -0.05) is 18.2 Å². The van der Waals surface area contributed by atoms with Crippen molar-refractivity contribution in [3.8, 4) is 0 Å². The predicted octanol–water partition coefficient (Wildman–Crippen LogP) is 1.53. The lowest BCUT2D eigenvalue weighted by Gasteiger charge is -2.08. The van der Waals surface area contributed by atoms with Crippen molar-refractivity contribution < 1.29 is 23.7 Å². The summed E-state index contributed by atoms with van der Waals surface area (Å²) in [5.74, 6) is -0.0236. The van der Waals surface area contributed by atoms with Crippen molar-refractivity contribution in [2.45, 2.75) is 13.0 Å². The van der Waals surface area contributed by atoms with Gasteiger partial charge in [-0.05, 0) is 17.7 Å². The normalized spacial score (nSPS) is 11.1. The highest BCUT2D eigenvalue weighted by atomic mass is 16.6. The highest BCUT2D eigenvalue weighted by Gasteiger charge is 1.99. The lowest BCUT2D eigenvalue weighted by molar-refractivity contribution is -0.121. The second-order valence-electron chi connectivity index (χ2n) is 6.59. The quantitative estimate of drug-likeness (QED) is 0.376. The maximum Gasteiger partial charge on any atom is 0.222 e. The summed E-state index contributed by atoms with van der Waals surface area (Å²) in [5.41, 5.74) is 2.18. The Bertz CT molecular complexity index is 729. The second-order valence-corrected chi connectivity index (χ2v) is 6.59. The van der Waals surface area contributed by atoms with Crippen LogP contribution in [0.25, 0.3) is 10.9 Å². The second kappa shape index (κ2) is 15.7. The fraction of sp³-hybridized carbons (Fsp3) is 0.545. The van der Waals surface area contributed by atoms with Crippen molar-refractivity contribution in [2.75, 3.05) is 66.4 Å². The van der Waals surface area contributed by atoms with E-state index in [0.29, 0.717) is 59.3 Å². The largest absolute Gasteiger partial charge is 0.379 e. The lowest BCUT2D eigenvalue weighted by Crippen LogP contribution is -2.20. The molecule has 0 atom stereocenters. The average molecular weight is 420 g/mol. The van der Waals surface area contributed by atoms with E-state index in [2.05, 4.69) is 27.8 Å². The Kier molecular flexibility index (Phi) is 12.7. The van der Waals surface area contributed by atoms with Gasteiger partial charge in [0.05, 0.1) is 58.4 Å². The van der Waals surface area contributed by atoms with Gasteiger partial charge in [0.1, 0.15) is 0 Å². The molecule has 0 aliphatic carbocycles. The Hall–Kier alpha value is -2.10. The molecular weight excluding hydrogens is 386 g/mol. The molecule has 8 nitrogen and oxygen atoms in total. The average Bonchev–Trinajstić information content (AvgIpc) is 2.78. The fourth-order valence-electron chi connectivity index (χ4n) is 2.64. The molecule has 0 spiro atoms. The number of para-hydroxylation sites is 1. The maximum atomic E-state index is 11.0. The van der Waals surface area contributed by atoms with E-state index in [4.69, 9.17) is 18.9 Å². The SMILES string of the molecule is CNC(=O)CCOCCOCCOCCOCCNCc1cnc2ccccc2c1. The topological polar surface area (TPSA) is 90.9 Å². The first-order valence-electron chi connectivity index (χ1n) is 10.4. The van der Waals surface area contributed by atoms with E-state index in [0.717, 1.165) is 29.6 Å². The van der Waals surface area contributed by atoms with Crippen LogP contribution in [0.2, 0.25) is 0 Å². The van der Waals surface area contributed by atoms with E-state index in [1.807, 2.05) is 24.4 Å². The number of nitrogens with one attached hydrogen (secondary N) is 2. The highest BCUT2D eigenvalue weighted by molar-refractivity contribution is 5.78. The maximum absolute atomic E-state index is 11.0. The smallest absolute Gasteiger partial charge is 0.222 e. The molecule has 0 bridgehead atoms. The Morgan fingerprint density at radius 3 is 2.23 bits per heavy atom. The van der Waals surface area contributed by atoms with Gasteiger partial charge in [-0.25, -0.2) is 0 Å². The molecule has 0 aliphatic heterocycles. The monoisotopic (exact) mass is 419 g/mol. The van der Waals surface area contributed by atoms with Gasteiger partial charge in [0.2, 0.25) is 5.91 Å². The van der Waals surface area contributed by atoms with Crippen LogP contribution in [-0.4, -0.2) is 77.3 Å². The molecule has 1 aromatic carbocycles. The van der Waals surface area contributed by atoms with E-state index in [-0.39, 0.29) is 5.91 Å². The molecule has 0 radical (unpaired) electrons. The summed E-state index contributed by atoms with van der Waals surface area (Å²) in [6, 6.07) is 10.3. The first kappa shape index (κ1) is 24.2. The van der Waals surface area contributed by atoms with Crippen LogP contribution in [0, 0.1) is 0 Å². The molecule has 0 fully saturated rings. The third-order valence-electron chi connectivity index (χ3n) is 4.27. The molecule has 8 heteroatoms. The van der Waals surface area contributed by atoms with Crippen LogP contribution in [-0.2, 0) is 30.3 Å². The van der Waals surface area contributed by atoms with Crippen LogP contribution in [0.3, 0.4) is 0 Å². The standard InChI is InChI=1S/C22H33N3O5/c1-23-22(26)6-8-27-10-12-29-14-15-30-13-11-28-9-7-24-17-19-16-20-4-2-3-5-21(20)25-18-19/h2-5,16,18,24H,6-15,17H2,1H3,(H,23,26). The zero-order valence-electron chi connectivity index (χ0n) is 17.7. The molecule has 2 aromatic rings. The van der Waals surface area contributed by atoms with Crippen molar-refractivity contribution in [3.05, 3.63) is 42.1 Å². The molecule has 2 N–H and O–H groups in total. The minimum absolute atomic E-state index is 0.0236. The summed E-state index contributed by atoms with van der Waals surface area (Å²) >= 11 is 0. The molecule has 166 valence electrons. The molecular formula is C22H33N3O5. The van der Waals surface area contributed by atoms with Crippen LogP contribution in [0.5, 0.6) is 0 Å². The van der Waals surface area contributed by atoms with Crippen molar-refractivity contribution in [1.29, 1.82) is 0 Å². The van der Waals surface area contributed by atoms with Crippen LogP contribution in [0.4, 0.5) is 0 Å². The molecule has 2 rings (SSSR count). The van der Waals surface area contributed by atoms with Gasteiger partial charge in [0.25, 0.3) is 0 Å². The number of rotatable bonds is 17. The molecule has 0 unspecified atom stereocenters. The fourth-order valence-corrected chi connectivity index (χ4v) is 2.64. The number of carbonyl (C=O) groups excluding carboxylic acids is 1. The summed E-state index contributed by atoms with van der Waals surface area (Å²) in [6.07, 6.45) is 2.28. The molecule has 0 saturated heterocycles. The number of carbonyl (C=O) groups is 1. The third kappa shape index (κ3) is 10.6. The summed E-state index contributed by atoms with van der Waals surface area (Å²) in [6.45, 7) is 5.69. The van der Waals surface area contributed by atoms with Crippen molar-refractivity contribution in [3.63, 3.8) is 0 Å². The zero-order chi connectivity index (χ0) is 21.3. The minimum atomic E-state index is -0.0236. The van der Waals surface area contributed by atoms with Gasteiger partial charge >= 0.3 is 0 Å². The van der Waals surface area contributed by atoms with Crippen molar-refractivity contribution >= 4 is 16.8 Å². The molecule has 0 saturated carbocycles. The van der Waals surface area contributed by atoms with Crippen LogP contribution in [0.1, 0.15) is 12.0 Å². The van der Waals surface area contributed by atoms with E-state index in [9.17, 15) is 4.79 Å². The third-order valence-corrected chi connectivity index (χ3v) is 4.27. The summed E-state index contributed by atoms with van der Waals surface area (Å²) in [5, 5.41) is 7.05.